The van der Waals surface area contributed by atoms with E-state index in [9.17, 15) is 4.39 Å². The van der Waals surface area contributed by atoms with Crippen LogP contribution >= 0.6 is 0 Å². The maximum atomic E-state index is 13.6. The number of allylic oxidation sites excluding steroid dienone is 3. The summed E-state index contributed by atoms with van der Waals surface area (Å²) in [7, 11) is 0. The van der Waals surface area contributed by atoms with E-state index < -0.39 is 0 Å². The van der Waals surface area contributed by atoms with E-state index in [1.54, 1.807) is 12.1 Å². The largest absolute Gasteiger partial charge is 0.207 e. The quantitative estimate of drug-likeness (QED) is 0.644. The van der Waals surface area contributed by atoms with Crippen LogP contribution in [0.4, 0.5) is 4.39 Å². The van der Waals surface area contributed by atoms with Gasteiger partial charge in [0.05, 0.1) is 0 Å². The van der Waals surface area contributed by atoms with Crippen LogP contribution in [0.2, 0.25) is 0 Å². The van der Waals surface area contributed by atoms with Crippen molar-refractivity contribution in [1.82, 2.24) is 0 Å². The third kappa shape index (κ3) is 2.44. The monoisotopic (exact) mass is 278 g/mol. The van der Waals surface area contributed by atoms with Gasteiger partial charge in [0, 0.05) is 0 Å². The van der Waals surface area contributed by atoms with Crippen molar-refractivity contribution in [2.24, 2.45) is 0 Å². The second-order valence-corrected chi connectivity index (χ2v) is 5.62. The van der Waals surface area contributed by atoms with Crippen molar-refractivity contribution < 1.29 is 4.39 Å². The predicted molar refractivity (Wildman–Crippen MR) is 88.3 cm³/mol. The molecule has 0 atom stereocenters. The minimum Gasteiger partial charge on any atom is -0.207 e. The first-order valence-electron chi connectivity index (χ1n) is 7.39. The van der Waals surface area contributed by atoms with Gasteiger partial charge in [-0.15, -0.1) is 0 Å². The van der Waals surface area contributed by atoms with Gasteiger partial charge in [-0.05, 0) is 71.9 Å². The van der Waals surface area contributed by atoms with E-state index in [0.29, 0.717) is 0 Å². The highest BCUT2D eigenvalue weighted by molar-refractivity contribution is 6.05. The van der Waals surface area contributed by atoms with E-state index in [2.05, 4.69) is 51.1 Å². The molecule has 0 amide bonds. The maximum Gasteiger partial charge on any atom is 0.123 e. The van der Waals surface area contributed by atoms with Gasteiger partial charge in [-0.2, -0.15) is 0 Å². The zero-order valence-electron chi connectivity index (χ0n) is 12.7. The van der Waals surface area contributed by atoms with Gasteiger partial charge in [0.2, 0.25) is 0 Å². The zero-order valence-corrected chi connectivity index (χ0v) is 12.7. The summed E-state index contributed by atoms with van der Waals surface area (Å²) < 4.78 is 13.6. The number of hydrogen-bond acceptors (Lipinski definition) is 0. The fourth-order valence-corrected chi connectivity index (χ4v) is 3.04. The smallest absolute Gasteiger partial charge is 0.123 e. The number of halogens is 1. The van der Waals surface area contributed by atoms with Crippen LogP contribution in [0.1, 0.15) is 42.5 Å². The molecule has 21 heavy (non-hydrogen) atoms. The molecular weight excluding hydrogens is 259 g/mol. The molecule has 3 rings (SSSR count). The molecule has 0 aliphatic heterocycles. The van der Waals surface area contributed by atoms with Crippen molar-refractivity contribution in [3.8, 4) is 0 Å². The molecule has 1 heteroatoms. The normalized spacial score (nSPS) is 15.7. The number of fused-ring (bicyclic) bond motifs is 1. The van der Waals surface area contributed by atoms with Crippen molar-refractivity contribution in [2.45, 2.75) is 27.2 Å². The molecule has 0 heterocycles. The Morgan fingerprint density at radius 3 is 2.33 bits per heavy atom. The first kappa shape index (κ1) is 13.8. The Bertz CT molecular complexity index is 746. The first-order chi connectivity index (χ1) is 10.1. The van der Waals surface area contributed by atoms with Crippen molar-refractivity contribution in [2.75, 3.05) is 0 Å². The molecule has 2 aromatic rings. The molecule has 0 N–H and O–H groups in total. The molecular formula is C20H19F. The van der Waals surface area contributed by atoms with Gasteiger partial charge < -0.3 is 0 Å². The third-order valence-corrected chi connectivity index (χ3v) is 4.20. The van der Waals surface area contributed by atoms with Crippen LogP contribution in [-0.2, 0) is 0 Å². The van der Waals surface area contributed by atoms with E-state index in [1.165, 1.54) is 27.8 Å². The highest BCUT2D eigenvalue weighted by atomic mass is 19.1. The van der Waals surface area contributed by atoms with Crippen LogP contribution in [0.25, 0.3) is 17.2 Å². The molecule has 0 bridgehead atoms. The fraction of sp³-hybridized carbons (Fsp3) is 0.200. The summed E-state index contributed by atoms with van der Waals surface area (Å²) >= 11 is 0. The highest BCUT2D eigenvalue weighted by Gasteiger charge is 2.22. The number of rotatable bonds is 2. The van der Waals surface area contributed by atoms with Crippen molar-refractivity contribution >= 4 is 17.2 Å². The van der Waals surface area contributed by atoms with Crippen LogP contribution < -0.4 is 0 Å². The van der Waals surface area contributed by atoms with Gasteiger partial charge >= 0.3 is 0 Å². The van der Waals surface area contributed by atoms with Gasteiger partial charge in [-0.25, -0.2) is 4.39 Å². The Morgan fingerprint density at radius 1 is 0.952 bits per heavy atom. The molecule has 1 aliphatic carbocycles. The second kappa shape index (κ2) is 5.33. The summed E-state index contributed by atoms with van der Waals surface area (Å²) in [5, 5.41) is 0. The van der Waals surface area contributed by atoms with E-state index >= 15 is 0 Å². The number of hydrogen-bond donors (Lipinski definition) is 0. The Morgan fingerprint density at radius 2 is 1.67 bits per heavy atom. The van der Waals surface area contributed by atoms with Gasteiger partial charge in [0.25, 0.3) is 0 Å². The van der Waals surface area contributed by atoms with Gasteiger partial charge in [-0.3, -0.25) is 0 Å². The van der Waals surface area contributed by atoms with Gasteiger partial charge in [0.15, 0.2) is 0 Å². The molecule has 0 fully saturated rings. The highest BCUT2D eigenvalue weighted by Crippen LogP contribution is 2.43. The van der Waals surface area contributed by atoms with Crippen LogP contribution in [0.5, 0.6) is 0 Å². The summed E-state index contributed by atoms with van der Waals surface area (Å²) in [6, 6.07) is 13.6. The lowest BCUT2D eigenvalue weighted by Crippen LogP contribution is -1.86. The topological polar surface area (TPSA) is 0 Å². The summed E-state index contributed by atoms with van der Waals surface area (Å²) in [6.07, 6.45) is 3.13. The minimum atomic E-state index is -0.163. The van der Waals surface area contributed by atoms with Crippen molar-refractivity contribution in [1.29, 1.82) is 0 Å². The van der Waals surface area contributed by atoms with E-state index in [4.69, 9.17) is 0 Å². The third-order valence-electron chi connectivity index (χ3n) is 4.20. The molecule has 0 unspecified atom stereocenters. The minimum absolute atomic E-state index is 0.163. The van der Waals surface area contributed by atoms with Crippen LogP contribution in [0.3, 0.4) is 0 Å². The summed E-state index contributed by atoms with van der Waals surface area (Å²) in [5.41, 5.74) is 8.36. The summed E-state index contributed by atoms with van der Waals surface area (Å²) in [5.74, 6) is -0.163. The standard InChI is InChI=1S/C20H19F/c1-4-17-14(3)19(11-15-7-5-13(2)6-8-15)18-10-9-16(21)12-20(17)18/h5-12H,4H2,1-3H3/b19-11-. The molecule has 2 aromatic carbocycles. The average Bonchev–Trinajstić information content (AvgIpc) is 2.73. The Labute approximate surface area is 125 Å². The average molecular weight is 278 g/mol. The molecule has 106 valence electrons. The lowest BCUT2D eigenvalue weighted by atomic mass is 10.0. The lowest BCUT2D eigenvalue weighted by molar-refractivity contribution is 0.627. The van der Waals surface area contributed by atoms with E-state index in [1.807, 2.05) is 6.07 Å². The molecule has 0 spiro atoms. The lowest BCUT2D eigenvalue weighted by Gasteiger charge is -2.04. The molecule has 0 saturated heterocycles. The second-order valence-electron chi connectivity index (χ2n) is 5.62. The molecule has 0 saturated carbocycles. The molecule has 1 aliphatic rings. The molecule has 0 aromatic heterocycles. The van der Waals surface area contributed by atoms with E-state index in [-0.39, 0.29) is 5.82 Å². The molecule has 0 nitrogen and oxygen atoms in total. The summed E-state index contributed by atoms with van der Waals surface area (Å²) in [4.78, 5) is 0. The number of benzene rings is 2. The molecule has 0 radical (unpaired) electrons. The Balaban J connectivity index is 2.15. The first-order valence-corrected chi connectivity index (χ1v) is 7.39. The maximum absolute atomic E-state index is 13.6. The van der Waals surface area contributed by atoms with Crippen molar-refractivity contribution in [3.05, 3.63) is 76.1 Å². The van der Waals surface area contributed by atoms with Gasteiger partial charge in [-0.1, -0.05) is 42.8 Å². The van der Waals surface area contributed by atoms with Crippen molar-refractivity contribution in [3.63, 3.8) is 0 Å². The Hall–Kier alpha value is -2.15. The number of aryl methyl sites for hydroxylation is 1. The van der Waals surface area contributed by atoms with Crippen LogP contribution in [0, 0.1) is 12.7 Å². The SMILES string of the molecule is CCC1=C(C)/C(=C/c2ccc(C)cc2)c2ccc(F)cc21. The van der Waals surface area contributed by atoms with Crippen LogP contribution in [-0.4, -0.2) is 0 Å². The van der Waals surface area contributed by atoms with Gasteiger partial charge in [0.1, 0.15) is 5.82 Å². The predicted octanol–water partition coefficient (Wildman–Crippen LogP) is 5.87. The summed E-state index contributed by atoms with van der Waals surface area (Å²) in [6.45, 7) is 6.35. The fourth-order valence-electron chi connectivity index (χ4n) is 3.04. The van der Waals surface area contributed by atoms with E-state index in [0.717, 1.165) is 17.5 Å². The Kier molecular flexibility index (Phi) is 3.50. The zero-order chi connectivity index (χ0) is 15.0. The van der Waals surface area contributed by atoms with Crippen LogP contribution in [0.15, 0.2) is 48.0 Å².